The molecule has 6 nitrogen and oxygen atoms in total. The second-order valence-electron chi connectivity index (χ2n) is 5.20. The van der Waals surface area contributed by atoms with Gasteiger partial charge < -0.3 is 10.0 Å². The summed E-state index contributed by atoms with van der Waals surface area (Å²) < 4.78 is 0. The Balaban J connectivity index is 2.20. The molecule has 0 spiro atoms. The molecule has 1 fully saturated rings. The Morgan fingerprint density at radius 3 is 2.81 bits per heavy atom. The number of carbonyl (C=O) groups is 2. The number of hydrogen-bond donors (Lipinski definition) is 1. The van der Waals surface area contributed by atoms with Crippen molar-refractivity contribution in [2.24, 2.45) is 5.92 Å². The molecule has 1 saturated heterocycles. The first-order valence-corrected chi connectivity index (χ1v) is 6.96. The van der Waals surface area contributed by atoms with Gasteiger partial charge >= 0.3 is 5.97 Å². The molecule has 0 bridgehead atoms. The van der Waals surface area contributed by atoms with Gasteiger partial charge in [0.05, 0.1) is 5.56 Å². The summed E-state index contributed by atoms with van der Waals surface area (Å²) in [4.78, 5) is 29.2. The molecule has 6 heteroatoms. The van der Waals surface area contributed by atoms with Crippen molar-refractivity contribution in [2.75, 3.05) is 6.54 Å². The molecule has 1 aromatic rings. The van der Waals surface area contributed by atoms with Crippen LogP contribution in [0.15, 0.2) is 18.3 Å². The maximum absolute atomic E-state index is 12.4. The van der Waals surface area contributed by atoms with Crippen molar-refractivity contribution in [3.05, 3.63) is 29.6 Å². The van der Waals surface area contributed by atoms with Crippen LogP contribution >= 0.6 is 0 Å². The van der Waals surface area contributed by atoms with E-state index in [-0.39, 0.29) is 11.6 Å². The Bertz CT molecular complexity index is 577. The quantitative estimate of drug-likeness (QED) is 0.912. The summed E-state index contributed by atoms with van der Waals surface area (Å²) in [6.07, 6.45) is 3.53. The lowest BCUT2D eigenvalue weighted by Gasteiger charge is -2.36. The number of aromatic nitrogens is 1. The lowest BCUT2D eigenvalue weighted by atomic mass is 9.88. The van der Waals surface area contributed by atoms with Crippen molar-refractivity contribution in [3.8, 4) is 6.07 Å². The van der Waals surface area contributed by atoms with Crippen LogP contribution in [0.2, 0.25) is 0 Å². The van der Waals surface area contributed by atoms with Crippen LogP contribution in [0, 0.1) is 17.2 Å². The normalized spacial score (nSPS) is 21.6. The minimum atomic E-state index is -0.977. The fraction of sp³-hybridized carbons (Fsp3) is 0.467. The van der Waals surface area contributed by atoms with Gasteiger partial charge in [0.2, 0.25) is 0 Å². The lowest BCUT2D eigenvalue weighted by molar-refractivity contribution is -0.144. The first-order chi connectivity index (χ1) is 10.1. The Hall–Kier alpha value is -2.42. The standard InChI is InChI=1S/C15H17N3O3/c1-2-10-5-6-18(13(7-10)15(20)21)14(19)12-4-3-11(8-16)9-17-12/h3-4,9-10,13H,2,5-7H2,1H3,(H,20,21). The highest BCUT2D eigenvalue weighted by Gasteiger charge is 2.36. The minimum absolute atomic E-state index is 0.176. The molecule has 110 valence electrons. The van der Waals surface area contributed by atoms with E-state index in [1.54, 1.807) is 0 Å². The molecule has 2 unspecified atom stereocenters. The van der Waals surface area contributed by atoms with Gasteiger partial charge in [-0.05, 0) is 30.9 Å². The number of amides is 1. The van der Waals surface area contributed by atoms with E-state index in [0.29, 0.717) is 24.4 Å². The molecule has 2 rings (SSSR count). The van der Waals surface area contributed by atoms with Gasteiger partial charge in [0, 0.05) is 12.7 Å². The van der Waals surface area contributed by atoms with Gasteiger partial charge in [-0.3, -0.25) is 4.79 Å². The van der Waals surface area contributed by atoms with E-state index in [0.717, 1.165) is 12.8 Å². The van der Waals surface area contributed by atoms with Crippen molar-refractivity contribution in [3.63, 3.8) is 0 Å². The van der Waals surface area contributed by atoms with Gasteiger partial charge in [-0.25, -0.2) is 9.78 Å². The van der Waals surface area contributed by atoms with Crippen molar-refractivity contribution >= 4 is 11.9 Å². The molecular formula is C15H17N3O3. The molecule has 1 aliphatic rings. The molecule has 0 aromatic carbocycles. The number of nitriles is 1. The van der Waals surface area contributed by atoms with Crippen LogP contribution in [0.3, 0.4) is 0 Å². The third kappa shape index (κ3) is 3.19. The molecule has 1 N–H and O–H groups in total. The Kier molecular flexibility index (Phi) is 4.53. The minimum Gasteiger partial charge on any atom is -0.480 e. The second-order valence-corrected chi connectivity index (χ2v) is 5.20. The van der Waals surface area contributed by atoms with E-state index in [2.05, 4.69) is 4.98 Å². The highest BCUT2D eigenvalue weighted by molar-refractivity contribution is 5.95. The highest BCUT2D eigenvalue weighted by Crippen LogP contribution is 2.26. The SMILES string of the molecule is CCC1CCN(C(=O)c2ccc(C#N)cn2)C(C(=O)O)C1. The maximum atomic E-state index is 12.4. The Labute approximate surface area is 123 Å². The monoisotopic (exact) mass is 287 g/mol. The van der Waals surface area contributed by atoms with Crippen molar-refractivity contribution < 1.29 is 14.7 Å². The average molecular weight is 287 g/mol. The first kappa shape index (κ1) is 15.0. The number of pyridine rings is 1. The van der Waals surface area contributed by atoms with Gasteiger partial charge in [0.1, 0.15) is 17.8 Å². The van der Waals surface area contributed by atoms with E-state index >= 15 is 0 Å². The zero-order chi connectivity index (χ0) is 15.4. The lowest BCUT2D eigenvalue weighted by Crippen LogP contribution is -2.50. The molecule has 21 heavy (non-hydrogen) atoms. The molecule has 0 aliphatic carbocycles. The van der Waals surface area contributed by atoms with Crippen LogP contribution in [-0.2, 0) is 4.79 Å². The molecule has 1 amide bonds. The van der Waals surface area contributed by atoms with E-state index in [1.807, 2.05) is 13.0 Å². The highest BCUT2D eigenvalue weighted by atomic mass is 16.4. The van der Waals surface area contributed by atoms with E-state index in [4.69, 9.17) is 5.26 Å². The van der Waals surface area contributed by atoms with Crippen molar-refractivity contribution in [2.45, 2.75) is 32.2 Å². The third-order valence-corrected chi connectivity index (χ3v) is 3.95. The van der Waals surface area contributed by atoms with Gasteiger partial charge in [-0.1, -0.05) is 13.3 Å². The van der Waals surface area contributed by atoms with Crippen LogP contribution < -0.4 is 0 Å². The molecule has 1 aromatic heterocycles. The second kappa shape index (κ2) is 6.35. The topological polar surface area (TPSA) is 94.3 Å². The number of carbonyl (C=O) groups excluding carboxylic acids is 1. The van der Waals surface area contributed by atoms with E-state index in [1.165, 1.54) is 23.2 Å². The predicted octanol–water partition coefficient (Wildman–Crippen LogP) is 1.67. The van der Waals surface area contributed by atoms with Gasteiger partial charge in [-0.15, -0.1) is 0 Å². The van der Waals surface area contributed by atoms with Crippen LogP contribution in [-0.4, -0.2) is 39.5 Å². The summed E-state index contributed by atoms with van der Waals surface area (Å²) in [5.41, 5.74) is 0.543. The summed E-state index contributed by atoms with van der Waals surface area (Å²) in [5.74, 6) is -1.03. The zero-order valence-electron chi connectivity index (χ0n) is 11.8. The number of aliphatic carboxylic acids is 1. The molecule has 0 saturated carbocycles. The van der Waals surface area contributed by atoms with Crippen LogP contribution in [0.5, 0.6) is 0 Å². The fourth-order valence-electron chi connectivity index (χ4n) is 2.62. The van der Waals surface area contributed by atoms with Gasteiger partial charge in [0.25, 0.3) is 5.91 Å². The number of nitrogens with zero attached hydrogens (tertiary/aromatic N) is 3. The molecular weight excluding hydrogens is 270 g/mol. The number of piperidine rings is 1. The third-order valence-electron chi connectivity index (χ3n) is 3.95. The van der Waals surface area contributed by atoms with Crippen LogP contribution in [0.4, 0.5) is 0 Å². The number of carboxylic acids is 1. The van der Waals surface area contributed by atoms with E-state index < -0.39 is 12.0 Å². The molecule has 2 atom stereocenters. The molecule has 0 radical (unpaired) electrons. The molecule has 2 heterocycles. The van der Waals surface area contributed by atoms with Crippen molar-refractivity contribution in [1.82, 2.24) is 9.88 Å². The van der Waals surface area contributed by atoms with E-state index in [9.17, 15) is 14.7 Å². The fourth-order valence-corrected chi connectivity index (χ4v) is 2.62. The van der Waals surface area contributed by atoms with Crippen molar-refractivity contribution in [1.29, 1.82) is 5.26 Å². The maximum Gasteiger partial charge on any atom is 0.326 e. The van der Waals surface area contributed by atoms with Gasteiger partial charge in [-0.2, -0.15) is 5.26 Å². The molecule has 1 aliphatic heterocycles. The zero-order valence-corrected chi connectivity index (χ0v) is 11.8. The van der Waals surface area contributed by atoms with Gasteiger partial charge in [0.15, 0.2) is 0 Å². The average Bonchev–Trinajstić information content (AvgIpc) is 2.53. The number of rotatable bonds is 3. The summed E-state index contributed by atoms with van der Waals surface area (Å²) in [6, 6.07) is 4.11. The summed E-state index contributed by atoms with van der Waals surface area (Å²) >= 11 is 0. The largest absolute Gasteiger partial charge is 0.480 e. The van der Waals surface area contributed by atoms with Crippen LogP contribution in [0.25, 0.3) is 0 Å². The number of hydrogen-bond acceptors (Lipinski definition) is 4. The number of carboxylic acid groups (broad SMARTS) is 1. The summed E-state index contributed by atoms with van der Waals surface area (Å²) in [7, 11) is 0. The van der Waals surface area contributed by atoms with Crippen LogP contribution in [0.1, 0.15) is 42.2 Å². The number of likely N-dealkylation sites (tertiary alicyclic amines) is 1. The summed E-state index contributed by atoms with van der Waals surface area (Å²) in [5, 5.41) is 18.1. The summed E-state index contributed by atoms with van der Waals surface area (Å²) in [6.45, 7) is 2.46. The Morgan fingerprint density at radius 2 is 2.29 bits per heavy atom. The smallest absolute Gasteiger partial charge is 0.326 e. The Morgan fingerprint density at radius 1 is 1.52 bits per heavy atom. The first-order valence-electron chi connectivity index (χ1n) is 6.96. The predicted molar refractivity (Wildman–Crippen MR) is 74.4 cm³/mol.